The van der Waals surface area contributed by atoms with Crippen LogP contribution in [0, 0.1) is 6.92 Å². The van der Waals surface area contributed by atoms with E-state index in [4.69, 9.17) is 23.2 Å². The number of aromatic amines is 1. The summed E-state index contributed by atoms with van der Waals surface area (Å²) < 4.78 is 13.2. The predicted molar refractivity (Wildman–Crippen MR) is 57.9 cm³/mol. The van der Waals surface area contributed by atoms with Crippen molar-refractivity contribution in [3.05, 3.63) is 22.7 Å². The fourth-order valence-corrected chi connectivity index (χ4v) is 1.72. The molecule has 1 N–H and O–H groups in total. The Morgan fingerprint density at radius 2 is 2.33 bits per heavy atom. The highest BCUT2D eigenvalue weighted by Gasteiger charge is 2.26. The smallest absolute Gasteiger partial charge is 0.203 e. The van der Waals surface area contributed by atoms with Crippen molar-refractivity contribution >= 4 is 35.2 Å². The molecule has 1 aromatic rings. The van der Waals surface area contributed by atoms with Crippen molar-refractivity contribution in [2.24, 2.45) is 4.99 Å². The van der Waals surface area contributed by atoms with Gasteiger partial charge in [-0.25, -0.2) is 9.38 Å². The summed E-state index contributed by atoms with van der Waals surface area (Å²) in [6.07, 6.45) is 0.996. The average Bonchev–Trinajstić information content (AvgIpc) is 2.59. The first-order valence-corrected chi connectivity index (χ1v) is 4.95. The molecular weight excluding hydrogens is 242 g/mol. The number of halogens is 3. The Balaban J connectivity index is 2.40. The van der Waals surface area contributed by atoms with Crippen LogP contribution in [0.3, 0.4) is 0 Å². The first kappa shape index (κ1) is 10.4. The van der Waals surface area contributed by atoms with Gasteiger partial charge in [0.05, 0.1) is 6.21 Å². The molecule has 0 aliphatic carbocycles. The minimum Gasteiger partial charge on any atom is -0.281 e. The maximum Gasteiger partial charge on any atom is 0.203 e. The standard InChI is InChI=1S/C8H7Cl2FN4/c1-4-2-6(14-13-4)15-7(9)5(11)3-12-8(15)10/h2-3,8H,1H3,(H,13,14). The summed E-state index contributed by atoms with van der Waals surface area (Å²) in [5.41, 5.74) is 0.0491. The molecular formula is C8H7Cl2FN4. The van der Waals surface area contributed by atoms with Crippen LogP contribution in [0.2, 0.25) is 0 Å². The summed E-state index contributed by atoms with van der Waals surface area (Å²) in [4.78, 5) is 5.02. The zero-order valence-electron chi connectivity index (χ0n) is 7.71. The monoisotopic (exact) mass is 248 g/mol. The van der Waals surface area contributed by atoms with Crippen LogP contribution in [0.4, 0.5) is 10.2 Å². The summed E-state index contributed by atoms with van der Waals surface area (Å²) in [6.45, 7) is 1.82. The average molecular weight is 249 g/mol. The van der Waals surface area contributed by atoms with Crippen molar-refractivity contribution < 1.29 is 4.39 Å². The molecule has 0 radical (unpaired) electrons. The van der Waals surface area contributed by atoms with E-state index in [2.05, 4.69) is 15.2 Å². The minimum atomic E-state index is -0.778. The lowest BCUT2D eigenvalue weighted by molar-refractivity contribution is 0.658. The molecule has 7 heteroatoms. The Kier molecular flexibility index (Phi) is 2.67. The van der Waals surface area contributed by atoms with Crippen molar-refractivity contribution in [1.82, 2.24) is 10.2 Å². The highest BCUT2D eigenvalue weighted by Crippen LogP contribution is 2.30. The van der Waals surface area contributed by atoms with E-state index in [0.29, 0.717) is 5.82 Å². The van der Waals surface area contributed by atoms with E-state index < -0.39 is 11.5 Å². The van der Waals surface area contributed by atoms with Crippen LogP contribution in [0.5, 0.6) is 0 Å². The Hall–Kier alpha value is -1.07. The van der Waals surface area contributed by atoms with Gasteiger partial charge in [0, 0.05) is 11.8 Å². The maximum atomic E-state index is 13.2. The predicted octanol–water partition coefficient (Wildman–Crippen LogP) is 2.51. The van der Waals surface area contributed by atoms with Crippen molar-refractivity contribution in [2.75, 3.05) is 4.90 Å². The lowest BCUT2D eigenvalue weighted by Gasteiger charge is -2.25. The zero-order valence-corrected chi connectivity index (χ0v) is 9.22. The van der Waals surface area contributed by atoms with Gasteiger partial charge in [0.25, 0.3) is 0 Å². The number of allylic oxidation sites excluding steroid dienone is 1. The van der Waals surface area contributed by atoms with E-state index in [1.165, 1.54) is 4.90 Å². The zero-order chi connectivity index (χ0) is 11.0. The summed E-state index contributed by atoms with van der Waals surface area (Å²) in [5.74, 6) is -0.196. The quantitative estimate of drug-likeness (QED) is 0.613. The van der Waals surface area contributed by atoms with E-state index in [0.717, 1.165) is 11.9 Å². The molecule has 2 rings (SSSR count). The number of aliphatic imine (C=N–C) groups is 1. The van der Waals surface area contributed by atoms with Gasteiger partial charge in [-0.1, -0.05) is 23.2 Å². The van der Waals surface area contributed by atoms with E-state index in [-0.39, 0.29) is 5.16 Å². The molecule has 1 aliphatic heterocycles. The van der Waals surface area contributed by atoms with Crippen molar-refractivity contribution in [2.45, 2.75) is 12.5 Å². The van der Waals surface area contributed by atoms with Crippen molar-refractivity contribution in [3.8, 4) is 0 Å². The van der Waals surface area contributed by atoms with Crippen LogP contribution in [0.1, 0.15) is 5.69 Å². The Morgan fingerprint density at radius 3 is 2.93 bits per heavy atom. The normalized spacial score (nSPS) is 21.3. The van der Waals surface area contributed by atoms with Gasteiger partial charge in [-0.15, -0.1) is 0 Å². The van der Waals surface area contributed by atoms with E-state index in [1.807, 2.05) is 6.92 Å². The number of rotatable bonds is 1. The minimum absolute atomic E-state index is 0.114. The second kappa shape index (κ2) is 3.83. The highest BCUT2D eigenvalue weighted by molar-refractivity contribution is 6.34. The number of hydrogen-bond acceptors (Lipinski definition) is 3. The first-order valence-electron chi connectivity index (χ1n) is 4.13. The molecule has 1 aliphatic rings. The second-order valence-electron chi connectivity index (χ2n) is 3.01. The Bertz CT molecular complexity index is 440. The van der Waals surface area contributed by atoms with E-state index in [1.54, 1.807) is 6.07 Å². The number of nitrogens with zero attached hydrogens (tertiary/aromatic N) is 3. The van der Waals surface area contributed by atoms with Gasteiger partial charge in [-0.2, -0.15) is 5.10 Å². The van der Waals surface area contributed by atoms with Crippen LogP contribution in [-0.4, -0.2) is 22.0 Å². The summed E-state index contributed by atoms with van der Waals surface area (Å²) in [5, 5.41) is 6.53. The van der Waals surface area contributed by atoms with Gasteiger partial charge in [0.15, 0.2) is 16.8 Å². The molecule has 1 unspecified atom stereocenters. The lowest BCUT2D eigenvalue weighted by atomic mass is 10.4. The molecule has 2 heterocycles. The van der Waals surface area contributed by atoms with Crippen LogP contribution in [-0.2, 0) is 0 Å². The Morgan fingerprint density at radius 1 is 1.60 bits per heavy atom. The topological polar surface area (TPSA) is 44.3 Å². The number of hydrogen-bond donors (Lipinski definition) is 1. The summed E-state index contributed by atoms with van der Waals surface area (Å²) in [7, 11) is 0. The lowest BCUT2D eigenvalue weighted by Crippen LogP contribution is -2.31. The number of aryl methyl sites for hydroxylation is 1. The summed E-state index contributed by atoms with van der Waals surface area (Å²) in [6, 6.07) is 1.70. The van der Waals surface area contributed by atoms with E-state index >= 15 is 0 Å². The molecule has 0 aromatic carbocycles. The summed E-state index contributed by atoms with van der Waals surface area (Å²) >= 11 is 11.6. The van der Waals surface area contributed by atoms with Crippen LogP contribution in [0.25, 0.3) is 0 Å². The van der Waals surface area contributed by atoms with Gasteiger partial charge in [-0.3, -0.25) is 10.00 Å². The Labute approximate surface area is 95.4 Å². The molecule has 4 nitrogen and oxygen atoms in total. The molecule has 0 saturated heterocycles. The number of aromatic nitrogens is 2. The van der Waals surface area contributed by atoms with Gasteiger partial charge < -0.3 is 0 Å². The van der Waals surface area contributed by atoms with Gasteiger partial charge in [0.1, 0.15) is 0 Å². The SMILES string of the molecule is Cc1cc(N2C(Cl)=C(F)C=NC2Cl)n[nH]1. The third-order valence-electron chi connectivity index (χ3n) is 1.87. The molecule has 0 amide bonds. The van der Waals surface area contributed by atoms with Crippen LogP contribution in [0.15, 0.2) is 22.0 Å². The van der Waals surface area contributed by atoms with E-state index in [9.17, 15) is 4.39 Å². The number of nitrogens with one attached hydrogen (secondary N) is 1. The van der Waals surface area contributed by atoms with Gasteiger partial charge in [0.2, 0.25) is 5.62 Å². The molecule has 1 atom stereocenters. The molecule has 0 fully saturated rings. The number of anilines is 1. The first-order chi connectivity index (χ1) is 7.09. The van der Waals surface area contributed by atoms with Crippen LogP contribution < -0.4 is 4.90 Å². The largest absolute Gasteiger partial charge is 0.281 e. The fraction of sp³-hybridized carbons (Fsp3) is 0.250. The maximum absolute atomic E-state index is 13.2. The molecule has 15 heavy (non-hydrogen) atoms. The third kappa shape index (κ3) is 1.85. The van der Waals surface area contributed by atoms with Crippen LogP contribution >= 0.6 is 23.2 Å². The van der Waals surface area contributed by atoms with Gasteiger partial charge in [-0.05, 0) is 6.92 Å². The molecule has 0 spiro atoms. The highest BCUT2D eigenvalue weighted by atomic mass is 35.5. The molecule has 1 aromatic heterocycles. The third-order valence-corrected chi connectivity index (χ3v) is 2.54. The molecule has 0 saturated carbocycles. The van der Waals surface area contributed by atoms with Gasteiger partial charge >= 0.3 is 0 Å². The second-order valence-corrected chi connectivity index (χ2v) is 3.76. The number of alkyl halides is 1. The molecule has 0 bridgehead atoms. The van der Waals surface area contributed by atoms with Crippen molar-refractivity contribution in [3.63, 3.8) is 0 Å². The number of H-pyrrole nitrogens is 1. The fourth-order valence-electron chi connectivity index (χ4n) is 1.19. The van der Waals surface area contributed by atoms with Crippen molar-refractivity contribution in [1.29, 1.82) is 0 Å². The molecule has 80 valence electrons.